The Morgan fingerprint density at radius 2 is 1.81 bits per heavy atom. The summed E-state index contributed by atoms with van der Waals surface area (Å²) in [7, 11) is -2.25. The minimum Gasteiger partial charge on any atom is -0.399 e. The van der Waals surface area contributed by atoms with Crippen molar-refractivity contribution in [1.82, 2.24) is 0 Å². The van der Waals surface area contributed by atoms with Crippen LogP contribution in [0, 0.1) is 11.3 Å². The maximum Gasteiger partial charge on any atom is 0.265 e. The molecule has 0 fully saturated rings. The zero-order chi connectivity index (χ0) is 15.6. The normalized spacial score (nSPS) is 10.9. The molecular formula is C14H12BrN3O2S. The zero-order valence-corrected chi connectivity index (χ0v) is 13.5. The van der Waals surface area contributed by atoms with Gasteiger partial charge in [0.1, 0.15) is 4.90 Å². The molecule has 0 spiro atoms. The Morgan fingerprint density at radius 3 is 2.33 bits per heavy atom. The Balaban J connectivity index is 2.45. The summed E-state index contributed by atoms with van der Waals surface area (Å²) in [5, 5.41) is 8.77. The molecule has 0 unspecified atom stereocenters. The first kappa shape index (κ1) is 15.4. The largest absolute Gasteiger partial charge is 0.399 e. The lowest BCUT2D eigenvalue weighted by atomic mass is 10.2. The van der Waals surface area contributed by atoms with Gasteiger partial charge in [0.05, 0.1) is 17.3 Å². The van der Waals surface area contributed by atoms with Crippen molar-refractivity contribution >= 4 is 37.3 Å². The molecular weight excluding hydrogens is 354 g/mol. The van der Waals surface area contributed by atoms with Gasteiger partial charge in [-0.3, -0.25) is 4.31 Å². The SMILES string of the molecule is CN(c1ccc(C#N)cc1)S(=O)(=O)c1ccc(N)cc1Br. The second kappa shape index (κ2) is 5.76. The number of anilines is 2. The standard InChI is InChI=1S/C14H12BrN3O2S/c1-18(12-5-2-10(9-16)3-6-12)21(19,20)14-7-4-11(17)8-13(14)15/h2-8H,17H2,1H3. The van der Waals surface area contributed by atoms with Crippen molar-refractivity contribution in [2.45, 2.75) is 4.90 Å². The van der Waals surface area contributed by atoms with Crippen LogP contribution in [0.5, 0.6) is 0 Å². The third-order valence-electron chi connectivity index (χ3n) is 2.95. The summed E-state index contributed by atoms with van der Waals surface area (Å²) in [5.41, 5.74) is 7.04. The third kappa shape index (κ3) is 3.01. The summed E-state index contributed by atoms with van der Waals surface area (Å²) in [6.45, 7) is 0. The van der Waals surface area contributed by atoms with Gasteiger partial charge in [0.2, 0.25) is 0 Å². The summed E-state index contributed by atoms with van der Waals surface area (Å²) < 4.78 is 26.8. The lowest BCUT2D eigenvalue weighted by Gasteiger charge is -2.20. The first-order chi connectivity index (χ1) is 9.86. The van der Waals surface area contributed by atoms with Gasteiger partial charge < -0.3 is 5.73 Å². The fourth-order valence-corrected chi connectivity index (χ4v) is 4.01. The number of nitrogens with two attached hydrogens (primary N) is 1. The number of benzene rings is 2. The van der Waals surface area contributed by atoms with E-state index < -0.39 is 10.0 Å². The molecule has 2 aromatic rings. The maximum absolute atomic E-state index is 12.6. The fourth-order valence-electron chi connectivity index (χ4n) is 1.76. The van der Waals surface area contributed by atoms with E-state index in [1.54, 1.807) is 30.3 Å². The first-order valence-corrected chi connectivity index (χ1v) is 8.13. The number of nitrogen functional groups attached to an aromatic ring is 1. The van der Waals surface area contributed by atoms with Crippen molar-refractivity contribution in [3.8, 4) is 6.07 Å². The fraction of sp³-hybridized carbons (Fsp3) is 0.0714. The Morgan fingerprint density at radius 1 is 1.19 bits per heavy atom. The lowest BCUT2D eigenvalue weighted by molar-refractivity contribution is 0.594. The molecule has 0 atom stereocenters. The van der Waals surface area contributed by atoms with E-state index >= 15 is 0 Å². The summed E-state index contributed by atoms with van der Waals surface area (Å²) in [5.74, 6) is 0. The molecule has 0 aliphatic heterocycles. The Kier molecular flexibility index (Phi) is 4.21. The molecule has 0 amide bonds. The van der Waals surface area contributed by atoms with Crippen LogP contribution in [0.1, 0.15) is 5.56 Å². The van der Waals surface area contributed by atoms with Gasteiger partial charge in [-0.05, 0) is 58.4 Å². The van der Waals surface area contributed by atoms with Crippen molar-refractivity contribution in [3.05, 3.63) is 52.5 Å². The molecule has 0 heterocycles. The lowest BCUT2D eigenvalue weighted by Crippen LogP contribution is -2.26. The van der Waals surface area contributed by atoms with E-state index in [4.69, 9.17) is 11.0 Å². The van der Waals surface area contributed by atoms with Crippen LogP contribution in [0.25, 0.3) is 0 Å². The summed E-state index contributed by atoms with van der Waals surface area (Å²) in [6.07, 6.45) is 0. The zero-order valence-electron chi connectivity index (χ0n) is 11.1. The van der Waals surface area contributed by atoms with Crippen LogP contribution in [-0.4, -0.2) is 15.5 Å². The monoisotopic (exact) mass is 365 g/mol. The molecule has 0 aliphatic carbocycles. The molecule has 0 saturated carbocycles. The van der Waals surface area contributed by atoms with Crippen LogP contribution in [-0.2, 0) is 10.0 Å². The highest BCUT2D eigenvalue weighted by molar-refractivity contribution is 9.10. The predicted octanol–water partition coefficient (Wildman–Crippen LogP) is 2.73. The number of hydrogen-bond donors (Lipinski definition) is 1. The molecule has 0 bridgehead atoms. The van der Waals surface area contributed by atoms with Crippen LogP contribution in [0.4, 0.5) is 11.4 Å². The van der Waals surface area contributed by atoms with Gasteiger partial charge in [-0.2, -0.15) is 5.26 Å². The van der Waals surface area contributed by atoms with Crippen LogP contribution in [0.3, 0.4) is 0 Å². The molecule has 2 N–H and O–H groups in total. The van der Waals surface area contributed by atoms with Gasteiger partial charge in [0, 0.05) is 17.2 Å². The van der Waals surface area contributed by atoms with Gasteiger partial charge in [0.15, 0.2) is 0 Å². The van der Waals surface area contributed by atoms with Crippen LogP contribution in [0.2, 0.25) is 0 Å². The molecule has 2 rings (SSSR count). The number of hydrogen-bond acceptors (Lipinski definition) is 4. The van der Waals surface area contributed by atoms with E-state index in [-0.39, 0.29) is 4.90 Å². The Hall–Kier alpha value is -2.04. The van der Waals surface area contributed by atoms with Gasteiger partial charge in [0.25, 0.3) is 10.0 Å². The van der Waals surface area contributed by atoms with E-state index in [1.165, 1.54) is 19.2 Å². The van der Waals surface area contributed by atoms with Gasteiger partial charge in [-0.1, -0.05) is 0 Å². The van der Waals surface area contributed by atoms with Gasteiger partial charge in [-0.15, -0.1) is 0 Å². The number of nitriles is 1. The molecule has 108 valence electrons. The highest BCUT2D eigenvalue weighted by atomic mass is 79.9. The average molecular weight is 366 g/mol. The molecule has 2 aromatic carbocycles. The van der Waals surface area contributed by atoms with E-state index in [2.05, 4.69) is 15.9 Å². The summed E-state index contributed by atoms with van der Waals surface area (Å²) >= 11 is 3.22. The van der Waals surface area contributed by atoms with Crippen molar-refractivity contribution < 1.29 is 8.42 Å². The molecule has 0 radical (unpaired) electrons. The topological polar surface area (TPSA) is 87.2 Å². The van der Waals surface area contributed by atoms with Crippen LogP contribution < -0.4 is 10.0 Å². The highest BCUT2D eigenvalue weighted by Gasteiger charge is 2.23. The van der Waals surface area contributed by atoms with Crippen molar-refractivity contribution in [3.63, 3.8) is 0 Å². The minimum atomic E-state index is -3.71. The molecule has 0 saturated heterocycles. The minimum absolute atomic E-state index is 0.128. The number of nitrogens with zero attached hydrogens (tertiary/aromatic N) is 2. The number of rotatable bonds is 3. The van der Waals surface area contributed by atoms with E-state index in [0.717, 1.165) is 4.31 Å². The predicted molar refractivity (Wildman–Crippen MR) is 85.3 cm³/mol. The van der Waals surface area contributed by atoms with Crippen molar-refractivity contribution in [2.75, 3.05) is 17.1 Å². The molecule has 21 heavy (non-hydrogen) atoms. The highest BCUT2D eigenvalue weighted by Crippen LogP contribution is 2.29. The maximum atomic E-state index is 12.6. The first-order valence-electron chi connectivity index (χ1n) is 5.90. The Bertz CT molecular complexity index is 811. The number of halogens is 1. The number of sulfonamides is 1. The van der Waals surface area contributed by atoms with Crippen molar-refractivity contribution in [1.29, 1.82) is 5.26 Å². The Labute approximate surface area is 131 Å². The molecule has 0 aliphatic rings. The molecule has 0 aromatic heterocycles. The van der Waals surface area contributed by atoms with Crippen molar-refractivity contribution in [2.24, 2.45) is 0 Å². The second-order valence-electron chi connectivity index (χ2n) is 4.32. The summed E-state index contributed by atoms with van der Waals surface area (Å²) in [4.78, 5) is 0.128. The average Bonchev–Trinajstić information content (AvgIpc) is 2.46. The van der Waals surface area contributed by atoms with Crippen LogP contribution in [0.15, 0.2) is 51.8 Å². The smallest absolute Gasteiger partial charge is 0.265 e. The van der Waals surface area contributed by atoms with Crippen LogP contribution >= 0.6 is 15.9 Å². The third-order valence-corrected chi connectivity index (χ3v) is 5.72. The summed E-state index contributed by atoms with van der Waals surface area (Å²) in [6, 6.07) is 12.8. The van der Waals surface area contributed by atoms with Gasteiger partial charge in [-0.25, -0.2) is 8.42 Å². The molecule has 5 nitrogen and oxygen atoms in total. The van der Waals surface area contributed by atoms with E-state index in [9.17, 15) is 8.42 Å². The van der Waals surface area contributed by atoms with E-state index in [0.29, 0.717) is 21.4 Å². The van der Waals surface area contributed by atoms with Gasteiger partial charge >= 0.3 is 0 Å². The van der Waals surface area contributed by atoms with E-state index in [1.807, 2.05) is 6.07 Å². The quantitative estimate of drug-likeness (QED) is 0.847. The second-order valence-corrected chi connectivity index (χ2v) is 7.11. The molecule has 7 heteroatoms.